The normalized spacial score (nSPS) is 15.1. The number of rotatable bonds is 8. The zero-order chi connectivity index (χ0) is 29.9. The smallest absolute Gasteiger partial charge is 0.271 e. The number of fused-ring (bicyclic) bond motifs is 1. The molecule has 1 fully saturated rings. The van der Waals surface area contributed by atoms with Gasteiger partial charge >= 0.3 is 0 Å². The first-order valence-corrected chi connectivity index (χ1v) is 14.9. The summed E-state index contributed by atoms with van der Waals surface area (Å²) in [5, 5.41) is 13.8. The molecule has 1 atom stereocenters. The van der Waals surface area contributed by atoms with Gasteiger partial charge in [0, 0.05) is 56.6 Å². The van der Waals surface area contributed by atoms with E-state index in [9.17, 15) is 9.90 Å². The van der Waals surface area contributed by atoms with E-state index in [1.807, 2.05) is 60.0 Å². The van der Waals surface area contributed by atoms with Gasteiger partial charge in [0.1, 0.15) is 24.7 Å². The molecule has 3 aromatic carbocycles. The number of nitrogens with one attached hydrogen (secondary N) is 1. The minimum atomic E-state index is -0.690. The molecule has 9 nitrogen and oxygen atoms in total. The molecule has 4 aromatic rings. The largest absolute Gasteiger partial charge is 0.486 e. The van der Waals surface area contributed by atoms with Gasteiger partial charge in [-0.3, -0.25) is 14.3 Å². The molecule has 45 heavy (non-hydrogen) atoms. The predicted octanol–water partition coefficient (Wildman–Crippen LogP) is 4.99. The summed E-state index contributed by atoms with van der Waals surface area (Å²) in [7, 11) is 0. The molecule has 6 rings (SSSR count). The number of β-amino-alcohol motifs (C(OH)–C–C–N with tert-alkyl or cyclic N) is 1. The number of hydrogen-bond donors (Lipinski definition) is 2. The van der Waals surface area contributed by atoms with E-state index in [0.717, 1.165) is 37.4 Å². The number of carbonyl (C=O) groups is 1. The molecule has 1 amide bonds. The van der Waals surface area contributed by atoms with Crippen molar-refractivity contribution < 1.29 is 19.4 Å². The summed E-state index contributed by atoms with van der Waals surface area (Å²) in [5.74, 6) is 1.71. The third kappa shape index (κ3) is 7.39. The number of piperazine rings is 1. The van der Waals surface area contributed by atoms with E-state index >= 15 is 0 Å². The van der Waals surface area contributed by atoms with Crippen LogP contribution in [-0.2, 0) is 0 Å². The number of ether oxygens (including phenoxy) is 2. The quantitative estimate of drug-likeness (QED) is 0.277. The van der Waals surface area contributed by atoms with Crippen LogP contribution >= 0.6 is 24.8 Å². The molecule has 240 valence electrons. The van der Waals surface area contributed by atoms with Crippen LogP contribution in [0.4, 0.5) is 5.69 Å². The van der Waals surface area contributed by atoms with Crippen LogP contribution in [0.3, 0.4) is 0 Å². The SMILES string of the molecule is Cc1cccc(N2CCN(CC(O)CNC(=O)c3nc(-c4ccccc4)n(-c4ccc5c(c4)OCCO5)c3C)CC2)c1C.Cl.Cl. The van der Waals surface area contributed by atoms with Crippen LogP contribution in [0.5, 0.6) is 11.5 Å². The van der Waals surface area contributed by atoms with Crippen molar-refractivity contribution in [2.45, 2.75) is 26.9 Å². The van der Waals surface area contributed by atoms with E-state index in [0.29, 0.717) is 48.5 Å². The molecule has 1 saturated heterocycles. The van der Waals surface area contributed by atoms with E-state index in [1.165, 1.54) is 16.8 Å². The van der Waals surface area contributed by atoms with E-state index < -0.39 is 6.10 Å². The number of amides is 1. The molecule has 0 spiro atoms. The van der Waals surface area contributed by atoms with E-state index in [-0.39, 0.29) is 37.3 Å². The zero-order valence-electron chi connectivity index (χ0n) is 25.9. The van der Waals surface area contributed by atoms with Crippen LogP contribution in [0.25, 0.3) is 17.1 Å². The van der Waals surface area contributed by atoms with E-state index in [4.69, 9.17) is 14.5 Å². The zero-order valence-corrected chi connectivity index (χ0v) is 27.5. The van der Waals surface area contributed by atoms with Gasteiger partial charge in [-0.05, 0) is 50.1 Å². The number of aliphatic hydroxyl groups excluding tert-OH is 1. The first kappa shape index (κ1) is 34.1. The molecule has 11 heteroatoms. The fourth-order valence-electron chi connectivity index (χ4n) is 5.89. The van der Waals surface area contributed by atoms with Crippen molar-refractivity contribution in [3.05, 3.63) is 89.2 Å². The van der Waals surface area contributed by atoms with Crippen molar-refractivity contribution >= 4 is 36.4 Å². The van der Waals surface area contributed by atoms with Crippen LogP contribution < -0.4 is 19.7 Å². The molecule has 0 bridgehead atoms. The first-order chi connectivity index (χ1) is 20.9. The number of hydrogen-bond acceptors (Lipinski definition) is 7. The second kappa shape index (κ2) is 15.0. The van der Waals surface area contributed by atoms with Gasteiger partial charge in [0.2, 0.25) is 0 Å². The third-order valence-electron chi connectivity index (χ3n) is 8.39. The highest BCUT2D eigenvalue weighted by Crippen LogP contribution is 2.35. The van der Waals surface area contributed by atoms with Gasteiger partial charge in [0.05, 0.1) is 17.5 Å². The minimum Gasteiger partial charge on any atom is -0.486 e. The molecule has 2 N–H and O–H groups in total. The highest BCUT2D eigenvalue weighted by atomic mass is 35.5. The standard InChI is InChI=1S/C34H39N5O4.2ClH/c1-23-8-7-11-29(24(23)2)38-16-14-37(15-17-38)22-28(40)21-35-34(41)32-25(3)39(33(36-32)26-9-5-4-6-10-26)27-12-13-30-31(20-27)43-19-18-42-30;;/h4-13,20,28,40H,14-19,21-22H2,1-3H3,(H,35,41);2*1H. The Bertz CT molecular complexity index is 1610. The second-order valence-electron chi connectivity index (χ2n) is 11.3. The van der Waals surface area contributed by atoms with Gasteiger partial charge in [0.15, 0.2) is 11.5 Å². The second-order valence-corrected chi connectivity index (χ2v) is 11.3. The predicted molar refractivity (Wildman–Crippen MR) is 182 cm³/mol. The van der Waals surface area contributed by atoms with Crippen molar-refractivity contribution in [1.29, 1.82) is 0 Å². The lowest BCUT2D eigenvalue weighted by Crippen LogP contribution is -2.50. The Labute approximate surface area is 277 Å². The van der Waals surface area contributed by atoms with Crippen LogP contribution in [0.2, 0.25) is 0 Å². The van der Waals surface area contributed by atoms with Crippen LogP contribution in [0.15, 0.2) is 66.7 Å². The van der Waals surface area contributed by atoms with Crippen molar-refractivity contribution in [2.24, 2.45) is 0 Å². The van der Waals surface area contributed by atoms with E-state index in [2.05, 4.69) is 47.2 Å². The number of nitrogens with zero attached hydrogens (tertiary/aromatic N) is 4. The summed E-state index contributed by atoms with van der Waals surface area (Å²) < 4.78 is 13.5. The molecule has 1 unspecified atom stereocenters. The summed E-state index contributed by atoms with van der Waals surface area (Å²) in [6.45, 7) is 11.4. The number of aryl methyl sites for hydroxylation is 1. The molecule has 1 aromatic heterocycles. The maximum Gasteiger partial charge on any atom is 0.271 e. The van der Waals surface area contributed by atoms with Gasteiger partial charge in [-0.15, -0.1) is 24.8 Å². The van der Waals surface area contributed by atoms with Crippen molar-refractivity contribution in [2.75, 3.05) is 57.4 Å². The Balaban J connectivity index is 0.00000230. The summed E-state index contributed by atoms with van der Waals surface area (Å²) >= 11 is 0. The van der Waals surface area contributed by atoms with Crippen LogP contribution in [-0.4, -0.2) is 84.1 Å². The van der Waals surface area contributed by atoms with Gasteiger partial charge in [0.25, 0.3) is 5.91 Å². The summed E-state index contributed by atoms with van der Waals surface area (Å²) in [4.78, 5) is 22.9. The highest BCUT2D eigenvalue weighted by molar-refractivity contribution is 5.94. The van der Waals surface area contributed by atoms with E-state index in [1.54, 1.807) is 0 Å². The van der Waals surface area contributed by atoms with Gasteiger partial charge in [-0.2, -0.15) is 0 Å². The molecule has 0 aliphatic carbocycles. The highest BCUT2D eigenvalue weighted by Gasteiger charge is 2.25. The van der Waals surface area contributed by atoms with Crippen LogP contribution in [0, 0.1) is 20.8 Å². The first-order valence-electron chi connectivity index (χ1n) is 14.9. The lowest BCUT2D eigenvalue weighted by Gasteiger charge is -2.37. The molecular weight excluding hydrogens is 613 g/mol. The van der Waals surface area contributed by atoms with Gasteiger partial charge in [-0.1, -0.05) is 42.5 Å². The van der Waals surface area contributed by atoms with Crippen molar-refractivity contribution in [1.82, 2.24) is 19.8 Å². The van der Waals surface area contributed by atoms with Crippen molar-refractivity contribution in [3.8, 4) is 28.6 Å². The average molecular weight is 655 g/mol. The Kier molecular flexibility index (Phi) is 11.4. The number of halogens is 2. The van der Waals surface area contributed by atoms with Crippen LogP contribution in [0.1, 0.15) is 27.3 Å². The molecular formula is C34H41Cl2N5O4. The monoisotopic (exact) mass is 653 g/mol. The number of aromatic nitrogens is 2. The van der Waals surface area contributed by atoms with Gasteiger partial charge in [-0.25, -0.2) is 4.98 Å². The number of carbonyl (C=O) groups excluding carboxylic acids is 1. The number of benzene rings is 3. The minimum absolute atomic E-state index is 0. The topological polar surface area (TPSA) is 92.1 Å². The third-order valence-corrected chi connectivity index (χ3v) is 8.39. The molecule has 2 aliphatic rings. The summed E-state index contributed by atoms with van der Waals surface area (Å²) in [6.07, 6.45) is -0.690. The number of anilines is 1. The summed E-state index contributed by atoms with van der Waals surface area (Å²) in [6, 6.07) is 22.0. The Morgan fingerprint density at radius 3 is 2.36 bits per heavy atom. The molecule has 2 aliphatic heterocycles. The van der Waals surface area contributed by atoms with Crippen molar-refractivity contribution in [3.63, 3.8) is 0 Å². The lowest BCUT2D eigenvalue weighted by molar-refractivity contribution is 0.0847. The Morgan fingerprint density at radius 1 is 0.911 bits per heavy atom. The average Bonchev–Trinajstić information content (AvgIpc) is 3.39. The lowest BCUT2D eigenvalue weighted by atomic mass is 10.1. The Hall–Kier alpha value is -3.76. The molecule has 0 saturated carbocycles. The molecule has 3 heterocycles. The molecule has 0 radical (unpaired) electrons. The maximum atomic E-state index is 13.4. The fourth-order valence-corrected chi connectivity index (χ4v) is 5.89. The fraction of sp³-hybridized carbons (Fsp3) is 0.353. The Morgan fingerprint density at radius 2 is 1.62 bits per heavy atom. The van der Waals surface area contributed by atoms with Gasteiger partial charge < -0.3 is 24.8 Å². The summed E-state index contributed by atoms with van der Waals surface area (Å²) in [5.41, 5.74) is 6.64. The number of aliphatic hydroxyl groups is 1. The maximum absolute atomic E-state index is 13.4. The number of imidazole rings is 1.